The van der Waals surface area contributed by atoms with Crippen LogP contribution in [-0.4, -0.2) is 35.3 Å². The van der Waals surface area contributed by atoms with Gasteiger partial charge in [-0.3, -0.25) is 14.8 Å². The summed E-state index contributed by atoms with van der Waals surface area (Å²) in [5.41, 5.74) is 2.48. The minimum Gasteiger partial charge on any atom is -0.483 e. The lowest BCUT2D eigenvalue weighted by atomic mass is 9.88. The van der Waals surface area contributed by atoms with E-state index in [1.807, 2.05) is 55.5 Å². The minimum atomic E-state index is -4.45. The van der Waals surface area contributed by atoms with Crippen molar-refractivity contribution in [2.75, 3.05) is 0 Å². The van der Waals surface area contributed by atoms with Crippen LogP contribution in [-0.2, 0) is 23.9 Å². The number of carboxylic acids is 1. The van der Waals surface area contributed by atoms with E-state index in [4.69, 9.17) is 9.72 Å². The summed E-state index contributed by atoms with van der Waals surface area (Å²) in [6.45, 7) is 12.1. The first-order valence-corrected chi connectivity index (χ1v) is 16.0. The monoisotopic (exact) mass is 662 g/mol. The summed E-state index contributed by atoms with van der Waals surface area (Å²) in [4.78, 5) is 26.6. The standard InChI is InChI=1S/C36H37F3N4O3S/c1-22(28-9-7-8-16-40-28)46-26-17-27-31(47-34(2,3)4)30(18-35(5,6)33(44)45)43(32(27)42-20-26)21-23-10-12-24(13-11-23)29-15-14-25(19-41-29)36(37,38)39/h7-17,19-20,22H,18,21H2,1-6H3,(H,44,45). The molecule has 0 radical (unpaired) electrons. The van der Waals surface area contributed by atoms with E-state index >= 15 is 0 Å². The molecule has 7 nitrogen and oxygen atoms in total. The number of alkyl halides is 3. The lowest BCUT2D eigenvalue weighted by molar-refractivity contribution is -0.147. The maximum atomic E-state index is 13.0. The highest BCUT2D eigenvalue weighted by atomic mass is 32.2. The van der Waals surface area contributed by atoms with Crippen LogP contribution in [0.2, 0.25) is 0 Å². The van der Waals surface area contributed by atoms with E-state index < -0.39 is 23.1 Å². The zero-order valence-electron chi connectivity index (χ0n) is 27.1. The second kappa shape index (κ2) is 13.0. The van der Waals surface area contributed by atoms with E-state index in [0.717, 1.165) is 39.5 Å². The number of hydrogen-bond donors (Lipinski definition) is 1. The van der Waals surface area contributed by atoms with Crippen LogP contribution >= 0.6 is 11.8 Å². The molecule has 0 spiro atoms. The normalized spacial score (nSPS) is 13.1. The van der Waals surface area contributed by atoms with Gasteiger partial charge in [-0.25, -0.2) is 4.98 Å². The zero-order chi connectivity index (χ0) is 34.1. The number of benzene rings is 1. The third-order valence-electron chi connectivity index (χ3n) is 7.62. The van der Waals surface area contributed by atoms with Gasteiger partial charge in [0.15, 0.2) is 0 Å². The molecule has 5 aromatic rings. The Bertz CT molecular complexity index is 1870. The quantitative estimate of drug-likeness (QED) is 0.149. The number of carbonyl (C=O) groups is 1. The summed E-state index contributed by atoms with van der Waals surface area (Å²) in [6.07, 6.45) is -0.289. The molecular weight excluding hydrogens is 625 g/mol. The lowest BCUT2D eigenvalue weighted by Crippen LogP contribution is -2.28. The first-order chi connectivity index (χ1) is 22.0. The van der Waals surface area contributed by atoms with E-state index in [1.165, 1.54) is 6.07 Å². The number of nitrogens with zero attached hydrogens (tertiary/aromatic N) is 4. The molecule has 246 valence electrons. The van der Waals surface area contributed by atoms with E-state index in [2.05, 4.69) is 35.3 Å². The maximum Gasteiger partial charge on any atom is 0.417 e. The number of aromatic nitrogens is 4. The highest BCUT2D eigenvalue weighted by Crippen LogP contribution is 2.44. The molecule has 0 saturated carbocycles. The Labute approximate surface area is 276 Å². The average molecular weight is 663 g/mol. The smallest absolute Gasteiger partial charge is 0.417 e. The molecule has 0 aliphatic heterocycles. The molecule has 0 aliphatic rings. The van der Waals surface area contributed by atoms with Crippen molar-refractivity contribution >= 4 is 28.8 Å². The number of pyridine rings is 3. The molecule has 4 aromatic heterocycles. The number of carboxylic acid groups (broad SMARTS) is 1. The molecule has 5 rings (SSSR count). The topological polar surface area (TPSA) is 90.1 Å². The Morgan fingerprint density at radius 3 is 2.26 bits per heavy atom. The Morgan fingerprint density at radius 2 is 1.68 bits per heavy atom. The number of thioether (sulfide) groups is 1. The van der Waals surface area contributed by atoms with Crippen LogP contribution in [0.3, 0.4) is 0 Å². The van der Waals surface area contributed by atoms with Gasteiger partial charge in [0, 0.05) is 51.6 Å². The Morgan fingerprint density at radius 1 is 0.957 bits per heavy atom. The van der Waals surface area contributed by atoms with E-state index in [0.29, 0.717) is 29.2 Å². The predicted molar refractivity (Wildman–Crippen MR) is 178 cm³/mol. The molecule has 0 fully saturated rings. The van der Waals surface area contributed by atoms with Gasteiger partial charge < -0.3 is 14.4 Å². The van der Waals surface area contributed by atoms with Crippen molar-refractivity contribution in [2.45, 2.75) is 76.4 Å². The highest BCUT2D eigenvalue weighted by molar-refractivity contribution is 8.00. The van der Waals surface area contributed by atoms with Gasteiger partial charge in [0.25, 0.3) is 0 Å². The van der Waals surface area contributed by atoms with Crippen molar-refractivity contribution < 1.29 is 27.8 Å². The van der Waals surface area contributed by atoms with Gasteiger partial charge >= 0.3 is 12.1 Å². The van der Waals surface area contributed by atoms with Gasteiger partial charge in [0.2, 0.25) is 0 Å². The molecule has 0 aliphatic carbocycles. The van der Waals surface area contributed by atoms with Gasteiger partial charge in [-0.1, -0.05) is 51.1 Å². The molecule has 1 unspecified atom stereocenters. The molecule has 47 heavy (non-hydrogen) atoms. The molecule has 1 aromatic carbocycles. The van der Waals surface area contributed by atoms with Gasteiger partial charge in [-0.05, 0) is 56.7 Å². The van der Waals surface area contributed by atoms with Crippen molar-refractivity contribution in [1.29, 1.82) is 0 Å². The van der Waals surface area contributed by atoms with Crippen LogP contribution < -0.4 is 4.74 Å². The largest absolute Gasteiger partial charge is 0.483 e. The van der Waals surface area contributed by atoms with Crippen molar-refractivity contribution in [3.63, 3.8) is 0 Å². The Balaban J connectivity index is 1.57. The van der Waals surface area contributed by atoms with Crippen LogP contribution in [0.25, 0.3) is 22.3 Å². The third-order valence-corrected chi connectivity index (χ3v) is 8.90. The summed E-state index contributed by atoms with van der Waals surface area (Å²) in [5.74, 6) is -0.337. The molecular formula is C36H37F3N4O3S. The number of aliphatic carboxylic acids is 1. The molecule has 0 bridgehead atoms. The van der Waals surface area contributed by atoms with Crippen LogP contribution in [0.5, 0.6) is 5.75 Å². The van der Waals surface area contributed by atoms with E-state index in [9.17, 15) is 23.1 Å². The first-order valence-electron chi connectivity index (χ1n) is 15.2. The van der Waals surface area contributed by atoms with Crippen LogP contribution in [0.15, 0.2) is 84.1 Å². The summed E-state index contributed by atoms with van der Waals surface area (Å²) in [6, 6.07) is 17.4. The predicted octanol–water partition coefficient (Wildman–Crippen LogP) is 9.24. The van der Waals surface area contributed by atoms with Gasteiger partial charge in [-0.2, -0.15) is 13.2 Å². The Kier molecular flexibility index (Phi) is 9.41. The maximum absolute atomic E-state index is 13.0. The molecule has 0 amide bonds. The fourth-order valence-electron chi connectivity index (χ4n) is 5.13. The van der Waals surface area contributed by atoms with Crippen LogP contribution in [0.4, 0.5) is 13.2 Å². The summed E-state index contributed by atoms with van der Waals surface area (Å²) in [7, 11) is 0. The van der Waals surface area contributed by atoms with Crippen molar-refractivity contribution in [2.24, 2.45) is 5.41 Å². The summed E-state index contributed by atoms with van der Waals surface area (Å²) in [5, 5.41) is 11.0. The van der Waals surface area contributed by atoms with Crippen LogP contribution in [0.1, 0.15) is 70.2 Å². The molecule has 1 N–H and O–H groups in total. The summed E-state index contributed by atoms with van der Waals surface area (Å²) < 4.78 is 47.2. The van der Waals surface area contributed by atoms with Crippen molar-refractivity contribution in [3.8, 4) is 17.0 Å². The van der Waals surface area contributed by atoms with Crippen molar-refractivity contribution in [3.05, 3.63) is 102 Å². The lowest BCUT2D eigenvalue weighted by Gasteiger charge is -2.24. The second-order valence-electron chi connectivity index (χ2n) is 13.1. The van der Waals surface area contributed by atoms with Gasteiger partial charge in [0.05, 0.1) is 28.6 Å². The number of rotatable bonds is 10. The summed E-state index contributed by atoms with van der Waals surface area (Å²) >= 11 is 1.66. The van der Waals surface area contributed by atoms with Gasteiger partial charge in [-0.15, -0.1) is 11.8 Å². The molecule has 11 heteroatoms. The zero-order valence-corrected chi connectivity index (χ0v) is 27.9. The van der Waals surface area contributed by atoms with E-state index in [1.54, 1.807) is 38.0 Å². The minimum absolute atomic E-state index is 0.199. The van der Waals surface area contributed by atoms with Crippen molar-refractivity contribution in [1.82, 2.24) is 19.5 Å². The first kappa shape index (κ1) is 34.0. The fourth-order valence-corrected chi connectivity index (χ4v) is 6.30. The van der Waals surface area contributed by atoms with E-state index in [-0.39, 0.29) is 17.3 Å². The molecule has 4 heterocycles. The SMILES string of the molecule is CC(Oc1cnc2c(c1)c(SC(C)(C)C)c(CC(C)(C)C(=O)O)n2Cc1ccc(-c2ccc(C(F)(F)F)cn2)cc1)c1ccccn1. The number of halogens is 3. The average Bonchev–Trinajstić information content (AvgIpc) is 3.26. The number of hydrogen-bond acceptors (Lipinski definition) is 6. The number of fused-ring (bicyclic) bond motifs is 1. The fraction of sp³-hybridized carbons (Fsp3) is 0.333. The van der Waals surface area contributed by atoms with Gasteiger partial charge in [0.1, 0.15) is 17.5 Å². The second-order valence-corrected chi connectivity index (χ2v) is 15.0. The molecule has 0 saturated heterocycles. The number of ether oxygens (including phenoxy) is 1. The highest BCUT2D eigenvalue weighted by Gasteiger charge is 2.33. The Hall–Kier alpha value is -4.38. The molecule has 1 atom stereocenters. The third kappa shape index (κ3) is 7.96. The van der Waals surface area contributed by atoms with Crippen LogP contribution in [0, 0.1) is 5.41 Å².